The maximum atomic E-state index is 13.1. The molecule has 2 amide bonds. The summed E-state index contributed by atoms with van der Waals surface area (Å²) in [6, 6.07) is 1.86. The highest BCUT2D eigenvalue weighted by Gasteiger charge is 2.24. The lowest BCUT2D eigenvalue weighted by atomic mass is 10.2. The molecule has 0 aliphatic carbocycles. The molecule has 1 fully saturated rings. The van der Waals surface area contributed by atoms with Crippen molar-refractivity contribution >= 4 is 46.1 Å². The Kier molecular flexibility index (Phi) is 8.22. The van der Waals surface area contributed by atoms with E-state index in [0.29, 0.717) is 35.6 Å². The number of halogens is 1. The van der Waals surface area contributed by atoms with Crippen molar-refractivity contribution in [1.29, 1.82) is 0 Å². The van der Waals surface area contributed by atoms with Gasteiger partial charge in [0.1, 0.15) is 4.83 Å². The summed E-state index contributed by atoms with van der Waals surface area (Å²) >= 11 is 1.46. The molecule has 0 aromatic carbocycles. The molecular weight excluding hydrogens is 516 g/mol. The Morgan fingerprint density at radius 3 is 2.78 bits per heavy atom. The third-order valence-corrected chi connectivity index (χ3v) is 7.57. The van der Waals surface area contributed by atoms with Crippen molar-refractivity contribution in [1.82, 2.24) is 34.6 Å². The van der Waals surface area contributed by atoms with Crippen molar-refractivity contribution in [3.05, 3.63) is 53.9 Å². The number of β-amino-alcohol motifs (C(OH)–C–C–N with tert-alkyl or cyclic N) is 1. The first-order chi connectivity index (χ1) is 17.4. The lowest BCUT2D eigenvalue weighted by Crippen LogP contribution is -2.41. The van der Waals surface area contributed by atoms with E-state index in [4.69, 9.17) is 0 Å². The Bertz CT molecular complexity index is 1410. The second-order valence-corrected chi connectivity index (χ2v) is 9.91. The van der Waals surface area contributed by atoms with Crippen LogP contribution < -0.4 is 10.6 Å². The van der Waals surface area contributed by atoms with E-state index >= 15 is 0 Å². The van der Waals surface area contributed by atoms with E-state index in [2.05, 4.69) is 30.7 Å². The van der Waals surface area contributed by atoms with Crippen LogP contribution in [0.2, 0.25) is 0 Å². The van der Waals surface area contributed by atoms with Gasteiger partial charge in [-0.15, -0.1) is 23.7 Å². The monoisotopic (exact) mass is 544 g/mol. The number of rotatable bonds is 8. The lowest BCUT2D eigenvalue weighted by molar-refractivity contribution is 0.0936. The largest absolute Gasteiger partial charge is 0.395 e. The highest BCUT2D eigenvalue weighted by atomic mass is 35.5. The zero-order valence-corrected chi connectivity index (χ0v) is 22.2. The number of hydrogen-bond acceptors (Lipinski definition) is 8. The minimum Gasteiger partial charge on any atom is -0.395 e. The fourth-order valence-corrected chi connectivity index (χ4v) is 5.49. The minimum absolute atomic E-state index is 0. The van der Waals surface area contributed by atoms with Crippen LogP contribution in [0.4, 0.5) is 5.69 Å². The number of aliphatic hydroxyl groups excluding tert-OH is 1. The summed E-state index contributed by atoms with van der Waals surface area (Å²) in [7, 11) is 1.85. The fourth-order valence-electron chi connectivity index (χ4n) is 4.46. The molecule has 0 bridgehead atoms. The molecule has 0 unspecified atom stereocenters. The molecule has 5 heterocycles. The van der Waals surface area contributed by atoms with Crippen molar-refractivity contribution in [2.75, 3.05) is 31.6 Å². The fraction of sp³-hybridized carbons (Fsp3) is 0.375. The molecule has 0 radical (unpaired) electrons. The van der Waals surface area contributed by atoms with E-state index in [9.17, 15) is 14.7 Å². The maximum Gasteiger partial charge on any atom is 0.260 e. The van der Waals surface area contributed by atoms with Gasteiger partial charge in [0.05, 0.1) is 46.4 Å². The highest BCUT2D eigenvalue weighted by molar-refractivity contribution is 7.21. The van der Waals surface area contributed by atoms with Gasteiger partial charge in [0, 0.05) is 50.3 Å². The van der Waals surface area contributed by atoms with Crippen LogP contribution in [-0.2, 0) is 7.05 Å². The van der Waals surface area contributed by atoms with E-state index in [-0.39, 0.29) is 36.9 Å². The molecule has 5 rings (SSSR count). The van der Waals surface area contributed by atoms with Gasteiger partial charge < -0.3 is 15.7 Å². The molecule has 0 spiro atoms. The van der Waals surface area contributed by atoms with Crippen molar-refractivity contribution in [2.24, 2.45) is 7.05 Å². The standard InChI is InChI=1S/C24H28N8O3S.ClH/c1-15-20(8-16(9-25-15)22(34)26-11-18-4-3-5-31(18)6-7-33)29-23(35)19-12-28-32-14-21(36-24(19)32)17-10-27-30(2)13-17;/h8-10,12-14,18,33H,3-7,11H2,1-2H3,(H,26,34)(H,29,35);1H/t18-;/m1./s1. The van der Waals surface area contributed by atoms with E-state index < -0.39 is 0 Å². The van der Waals surface area contributed by atoms with Crippen LogP contribution in [0.3, 0.4) is 0 Å². The Labute approximate surface area is 223 Å². The summed E-state index contributed by atoms with van der Waals surface area (Å²) < 4.78 is 3.41. The van der Waals surface area contributed by atoms with Crippen LogP contribution in [0.25, 0.3) is 15.3 Å². The first-order valence-corrected chi connectivity index (χ1v) is 12.6. The van der Waals surface area contributed by atoms with Crippen LogP contribution in [0.5, 0.6) is 0 Å². The normalized spacial score (nSPS) is 15.6. The molecule has 4 aromatic heterocycles. The number of nitrogens with one attached hydrogen (secondary N) is 2. The Morgan fingerprint density at radius 2 is 2.03 bits per heavy atom. The number of nitrogens with zero attached hydrogens (tertiary/aromatic N) is 6. The third kappa shape index (κ3) is 5.67. The number of amides is 2. The summed E-state index contributed by atoms with van der Waals surface area (Å²) in [4.78, 5) is 34.1. The number of hydrogen-bond donors (Lipinski definition) is 3. The molecule has 13 heteroatoms. The van der Waals surface area contributed by atoms with Crippen LogP contribution in [0.1, 0.15) is 39.3 Å². The van der Waals surface area contributed by atoms with Gasteiger partial charge in [0.25, 0.3) is 11.8 Å². The molecule has 4 aromatic rings. The summed E-state index contributed by atoms with van der Waals surface area (Å²) in [5, 5.41) is 23.6. The number of carbonyl (C=O) groups is 2. The highest BCUT2D eigenvalue weighted by Crippen LogP contribution is 2.30. The Balaban J connectivity index is 0.00000320. The van der Waals surface area contributed by atoms with Gasteiger partial charge in [0.2, 0.25) is 0 Å². The predicted octanol–water partition coefficient (Wildman–Crippen LogP) is 2.36. The van der Waals surface area contributed by atoms with E-state index in [0.717, 1.165) is 34.7 Å². The number of likely N-dealkylation sites (tertiary alicyclic amines) is 1. The van der Waals surface area contributed by atoms with Crippen molar-refractivity contribution in [3.63, 3.8) is 0 Å². The van der Waals surface area contributed by atoms with Gasteiger partial charge in [-0.25, -0.2) is 4.52 Å². The molecule has 1 aliphatic heterocycles. The molecule has 196 valence electrons. The Hall–Kier alpha value is -3.32. The second-order valence-electron chi connectivity index (χ2n) is 8.88. The van der Waals surface area contributed by atoms with Gasteiger partial charge in [-0.2, -0.15) is 10.2 Å². The average Bonchev–Trinajstić information content (AvgIpc) is 3.63. The first kappa shape index (κ1) is 26.7. The van der Waals surface area contributed by atoms with Crippen LogP contribution in [0.15, 0.2) is 37.1 Å². The molecule has 3 N–H and O–H groups in total. The molecule has 0 saturated carbocycles. The molecule has 1 atom stereocenters. The lowest BCUT2D eigenvalue weighted by Gasteiger charge is -2.23. The zero-order chi connectivity index (χ0) is 25.2. The number of anilines is 1. The van der Waals surface area contributed by atoms with Gasteiger partial charge >= 0.3 is 0 Å². The number of pyridine rings is 1. The number of fused-ring (bicyclic) bond motifs is 1. The van der Waals surface area contributed by atoms with Gasteiger partial charge in [-0.3, -0.25) is 24.2 Å². The number of carbonyl (C=O) groups excluding carboxylic acids is 2. The average molecular weight is 545 g/mol. The molecule has 37 heavy (non-hydrogen) atoms. The summed E-state index contributed by atoms with van der Waals surface area (Å²) in [5.74, 6) is -0.571. The molecular formula is C24H29ClN8O3S. The number of thiazole rings is 1. The predicted molar refractivity (Wildman–Crippen MR) is 143 cm³/mol. The maximum absolute atomic E-state index is 13.1. The summed E-state index contributed by atoms with van der Waals surface area (Å²) in [5.41, 5.74) is 2.84. The molecule has 1 saturated heterocycles. The van der Waals surface area contributed by atoms with Gasteiger partial charge in [0.15, 0.2) is 0 Å². The van der Waals surface area contributed by atoms with Gasteiger partial charge in [-0.05, 0) is 32.4 Å². The van der Waals surface area contributed by atoms with Crippen LogP contribution >= 0.6 is 23.7 Å². The minimum atomic E-state index is -0.322. The van der Waals surface area contributed by atoms with Crippen molar-refractivity contribution in [2.45, 2.75) is 25.8 Å². The van der Waals surface area contributed by atoms with Gasteiger partial charge in [-0.1, -0.05) is 0 Å². The quantitative estimate of drug-likeness (QED) is 0.310. The van der Waals surface area contributed by atoms with Crippen LogP contribution in [-0.4, -0.2) is 78.5 Å². The number of aromatic nitrogens is 5. The van der Waals surface area contributed by atoms with Crippen molar-refractivity contribution < 1.29 is 14.7 Å². The Morgan fingerprint density at radius 1 is 1.19 bits per heavy atom. The summed E-state index contributed by atoms with van der Waals surface area (Å²) in [6.07, 6.45) is 10.6. The van der Waals surface area contributed by atoms with E-state index in [1.165, 1.54) is 23.7 Å². The first-order valence-electron chi connectivity index (χ1n) is 11.8. The second kappa shape index (κ2) is 11.4. The molecule has 1 aliphatic rings. The topological polar surface area (TPSA) is 130 Å². The SMILES string of the molecule is Cc1ncc(C(=O)NC[C@H]2CCCN2CCO)cc1NC(=O)c1cnn2cc(-c3cnn(C)c3)sc12.Cl. The number of aryl methyl sites for hydroxylation is 2. The van der Waals surface area contributed by atoms with E-state index in [1.54, 1.807) is 28.4 Å². The van der Waals surface area contributed by atoms with Crippen molar-refractivity contribution in [3.8, 4) is 10.4 Å². The summed E-state index contributed by atoms with van der Waals surface area (Å²) in [6.45, 7) is 3.93. The number of aliphatic hydroxyl groups is 1. The van der Waals surface area contributed by atoms with Crippen LogP contribution in [0, 0.1) is 6.92 Å². The molecule has 11 nitrogen and oxygen atoms in total. The van der Waals surface area contributed by atoms with E-state index in [1.807, 2.05) is 19.4 Å². The third-order valence-electron chi connectivity index (χ3n) is 6.41. The zero-order valence-electron chi connectivity index (χ0n) is 20.5. The smallest absolute Gasteiger partial charge is 0.260 e.